The van der Waals surface area contributed by atoms with Gasteiger partial charge in [0, 0.05) is 17.9 Å². The molecule has 21 heavy (non-hydrogen) atoms. The Morgan fingerprint density at radius 1 is 1.19 bits per heavy atom. The number of benzene rings is 1. The highest BCUT2D eigenvalue weighted by atomic mass is 16.5. The van der Waals surface area contributed by atoms with E-state index in [9.17, 15) is 0 Å². The molecule has 1 N–H and O–H groups in total. The van der Waals surface area contributed by atoms with E-state index in [0.717, 1.165) is 12.2 Å². The zero-order valence-corrected chi connectivity index (χ0v) is 13.7. The van der Waals surface area contributed by atoms with E-state index in [-0.39, 0.29) is 0 Å². The fraction of sp³-hybridized carbons (Fsp3) is 0.684. The van der Waals surface area contributed by atoms with Gasteiger partial charge in [0.15, 0.2) is 0 Å². The number of hydrogen-bond donors (Lipinski definition) is 1. The lowest BCUT2D eigenvalue weighted by molar-refractivity contribution is -0.100. The molecule has 2 heteroatoms. The van der Waals surface area contributed by atoms with Gasteiger partial charge < -0.3 is 10.1 Å². The molecule has 2 atom stereocenters. The zero-order chi connectivity index (χ0) is 14.9. The highest BCUT2D eigenvalue weighted by Crippen LogP contribution is 2.53. The topological polar surface area (TPSA) is 21.3 Å². The third kappa shape index (κ3) is 2.70. The number of hydrogen-bond acceptors (Lipinski definition) is 2. The second-order valence-corrected chi connectivity index (χ2v) is 7.20. The van der Waals surface area contributed by atoms with Crippen molar-refractivity contribution < 1.29 is 4.74 Å². The molecule has 1 spiro atoms. The number of rotatable bonds is 4. The molecule has 0 radical (unpaired) electrons. The van der Waals surface area contributed by atoms with Crippen LogP contribution in [0.3, 0.4) is 0 Å². The van der Waals surface area contributed by atoms with E-state index in [4.69, 9.17) is 4.74 Å². The summed E-state index contributed by atoms with van der Waals surface area (Å²) in [5, 5.41) is 3.53. The van der Waals surface area contributed by atoms with E-state index in [1.54, 1.807) is 0 Å². The van der Waals surface area contributed by atoms with Crippen LogP contribution in [0, 0.1) is 5.41 Å². The van der Waals surface area contributed by atoms with Crippen LogP contribution in [-0.4, -0.2) is 19.2 Å². The Labute approximate surface area is 129 Å². The smallest absolute Gasteiger partial charge is 0.120 e. The molecule has 2 unspecified atom stereocenters. The Balaban J connectivity index is 1.74. The van der Waals surface area contributed by atoms with Crippen LogP contribution in [-0.2, 0) is 0 Å². The molecule has 0 heterocycles. The first-order valence-corrected chi connectivity index (χ1v) is 8.59. The van der Waals surface area contributed by atoms with Crippen LogP contribution in [0.2, 0.25) is 0 Å². The van der Waals surface area contributed by atoms with Gasteiger partial charge in [0.2, 0.25) is 0 Å². The summed E-state index contributed by atoms with van der Waals surface area (Å²) in [7, 11) is 2.11. The summed E-state index contributed by atoms with van der Waals surface area (Å²) in [5.41, 5.74) is 1.76. The molecule has 0 aliphatic heterocycles. The van der Waals surface area contributed by atoms with Crippen molar-refractivity contribution >= 4 is 0 Å². The molecule has 1 aromatic carbocycles. The number of ether oxygens (including phenoxy) is 1. The van der Waals surface area contributed by atoms with E-state index < -0.39 is 0 Å². The summed E-state index contributed by atoms with van der Waals surface area (Å²) in [5.74, 6) is 1.62. The predicted molar refractivity (Wildman–Crippen MR) is 87.9 cm³/mol. The number of nitrogens with one attached hydrogen (secondary N) is 1. The Morgan fingerprint density at radius 2 is 1.95 bits per heavy atom. The fourth-order valence-corrected chi connectivity index (χ4v) is 4.31. The van der Waals surface area contributed by atoms with Crippen molar-refractivity contribution in [2.45, 2.75) is 70.4 Å². The minimum absolute atomic E-state index is 0.390. The van der Waals surface area contributed by atoms with E-state index in [1.807, 2.05) is 0 Å². The third-order valence-corrected chi connectivity index (χ3v) is 5.72. The van der Waals surface area contributed by atoms with E-state index in [0.29, 0.717) is 23.5 Å². The summed E-state index contributed by atoms with van der Waals surface area (Å²) in [6, 6.07) is 9.33. The van der Waals surface area contributed by atoms with Gasteiger partial charge in [-0.3, -0.25) is 0 Å². The predicted octanol–water partition coefficient (Wildman–Crippen LogP) is 4.50. The van der Waals surface area contributed by atoms with E-state index in [2.05, 4.69) is 50.5 Å². The molecule has 1 aromatic rings. The van der Waals surface area contributed by atoms with Crippen molar-refractivity contribution in [3.05, 3.63) is 29.8 Å². The molecular formula is C19H29NO. The maximum Gasteiger partial charge on any atom is 0.120 e. The summed E-state index contributed by atoms with van der Waals surface area (Å²) < 4.78 is 6.43. The molecule has 2 fully saturated rings. The van der Waals surface area contributed by atoms with Crippen molar-refractivity contribution in [3.63, 3.8) is 0 Å². The summed E-state index contributed by atoms with van der Waals surface area (Å²) >= 11 is 0. The quantitative estimate of drug-likeness (QED) is 0.880. The van der Waals surface area contributed by atoms with Crippen molar-refractivity contribution in [2.75, 3.05) is 7.05 Å². The molecule has 2 aliphatic carbocycles. The summed E-state index contributed by atoms with van der Waals surface area (Å²) in [4.78, 5) is 0. The van der Waals surface area contributed by atoms with Gasteiger partial charge in [-0.2, -0.15) is 0 Å². The molecule has 0 amide bonds. The lowest BCUT2D eigenvalue weighted by Gasteiger charge is -2.57. The minimum atomic E-state index is 0.390. The van der Waals surface area contributed by atoms with Crippen LogP contribution in [0.15, 0.2) is 24.3 Å². The van der Waals surface area contributed by atoms with Crippen LogP contribution in [0.5, 0.6) is 5.75 Å². The van der Waals surface area contributed by atoms with Gasteiger partial charge in [-0.1, -0.05) is 45.2 Å². The van der Waals surface area contributed by atoms with Crippen LogP contribution in [0.4, 0.5) is 0 Å². The van der Waals surface area contributed by atoms with Gasteiger partial charge in [-0.15, -0.1) is 0 Å². The van der Waals surface area contributed by atoms with Gasteiger partial charge in [0.25, 0.3) is 0 Å². The lowest BCUT2D eigenvalue weighted by atomic mass is 9.55. The average Bonchev–Trinajstić information content (AvgIpc) is 2.52. The average molecular weight is 287 g/mol. The molecular weight excluding hydrogens is 258 g/mol. The molecule has 2 nitrogen and oxygen atoms in total. The first-order valence-electron chi connectivity index (χ1n) is 8.59. The summed E-state index contributed by atoms with van der Waals surface area (Å²) in [6.07, 6.45) is 8.34. The zero-order valence-electron chi connectivity index (χ0n) is 13.7. The van der Waals surface area contributed by atoms with Gasteiger partial charge >= 0.3 is 0 Å². The van der Waals surface area contributed by atoms with Crippen molar-refractivity contribution in [3.8, 4) is 5.75 Å². The SMILES string of the molecule is CNC1CC(Oc2cccc(C(C)C)c2)C12CCCCC2. The molecule has 0 bridgehead atoms. The van der Waals surface area contributed by atoms with Gasteiger partial charge in [-0.05, 0) is 43.5 Å². The van der Waals surface area contributed by atoms with Crippen LogP contribution in [0.1, 0.15) is 63.9 Å². The molecule has 0 aromatic heterocycles. The molecule has 116 valence electrons. The highest BCUT2D eigenvalue weighted by Gasteiger charge is 2.55. The summed E-state index contributed by atoms with van der Waals surface area (Å²) in [6.45, 7) is 4.48. The van der Waals surface area contributed by atoms with E-state index in [1.165, 1.54) is 37.7 Å². The highest BCUT2D eigenvalue weighted by molar-refractivity contribution is 5.31. The fourth-order valence-electron chi connectivity index (χ4n) is 4.31. The molecule has 2 aliphatic rings. The van der Waals surface area contributed by atoms with Crippen LogP contribution in [0.25, 0.3) is 0 Å². The van der Waals surface area contributed by atoms with Crippen LogP contribution < -0.4 is 10.1 Å². The first kappa shape index (κ1) is 14.9. The molecule has 3 rings (SSSR count). The normalized spacial score (nSPS) is 27.6. The maximum atomic E-state index is 6.43. The van der Waals surface area contributed by atoms with Gasteiger partial charge in [0.1, 0.15) is 11.9 Å². The Kier molecular flexibility index (Phi) is 4.26. The molecule has 0 saturated heterocycles. The third-order valence-electron chi connectivity index (χ3n) is 5.72. The Bertz CT molecular complexity index is 476. The lowest BCUT2D eigenvalue weighted by Crippen LogP contribution is -2.64. The Morgan fingerprint density at radius 3 is 2.62 bits per heavy atom. The maximum absolute atomic E-state index is 6.43. The largest absolute Gasteiger partial charge is 0.490 e. The standard InChI is InChI=1S/C19H29NO/c1-14(2)15-8-7-9-16(12-15)21-18-13-17(20-3)19(18)10-5-4-6-11-19/h7-9,12,14,17-18,20H,4-6,10-11,13H2,1-3H3. The van der Waals surface area contributed by atoms with Crippen molar-refractivity contribution in [1.82, 2.24) is 5.32 Å². The molecule has 2 saturated carbocycles. The Hall–Kier alpha value is -1.02. The second kappa shape index (κ2) is 6.00. The van der Waals surface area contributed by atoms with Crippen molar-refractivity contribution in [2.24, 2.45) is 5.41 Å². The first-order chi connectivity index (χ1) is 10.2. The van der Waals surface area contributed by atoms with E-state index >= 15 is 0 Å². The van der Waals surface area contributed by atoms with Crippen molar-refractivity contribution in [1.29, 1.82) is 0 Å². The monoisotopic (exact) mass is 287 g/mol. The van der Waals surface area contributed by atoms with Gasteiger partial charge in [0.05, 0.1) is 0 Å². The minimum Gasteiger partial charge on any atom is -0.490 e. The van der Waals surface area contributed by atoms with Crippen LogP contribution >= 0.6 is 0 Å². The van der Waals surface area contributed by atoms with Gasteiger partial charge in [-0.25, -0.2) is 0 Å². The second-order valence-electron chi connectivity index (χ2n) is 7.20.